The Bertz CT molecular complexity index is 38.7. The van der Waals surface area contributed by atoms with E-state index < -0.39 is 0 Å². The standard InChI is InChI=1S/C4H8O2.Ca.2H/c1-2-6-4-3-5;;;/h3H,2,4H2,1H3;;;. The molecule has 7 heavy (non-hydrogen) atoms. The molecule has 0 N–H and O–H groups in total. The first-order valence-corrected chi connectivity index (χ1v) is 1.93. The van der Waals surface area contributed by atoms with Gasteiger partial charge in [0.25, 0.3) is 0 Å². The number of carbonyl (C=O) groups is 1. The summed E-state index contributed by atoms with van der Waals surface area (Å²) in [5.74, 6) is 0. The van der Waals surface area contributed by atoms with Crippen molar-refractivity contribution >= 4 is 44.0 Å². The van der Waals surface area contributed by atoms with Crippen LogP contribution in [0.1, 0.15) is 6.92 Å². The Labute approximate surface area is 73.2 Å². The monoisotopic (exact) mass is 130 g/mol. The molecule has 0 aromatic heterocycles. The number of hydrogen-bond acceptors (Lipinski definition) is 2. The van der Waals surface area contributed by atoms with Gasteiger partial charge < -0.3 is 9.53 Å². The molecule has 0 rings (SSSR count). The van der Waals surface area contributed by atoms with Gasteiger partial charge in [-0.3, -0.25) is 0 Å². The molecule has 3 heteroatoms. The van der Waals surface area contributed by atoms with E-state index in [1.807, 2.05) is 6.92 Å². The third-order valence-corrected chi connectivity index (χ3v) is 0.390. The topological polar surface area (TPSA) is 26.3 Å². The first kappa shape index (κ1) is 10.8. The maximum atomic E-state index is 9.44. The molecule has 0 aliphatic heterocycles. The SMILES string of the molecule is CCOCC=O.[CaH2]. The molecule has 0 aliphatic carbocycles. The Balaban J connectivity index is 0. The zero-order valence-corrected chi connectivity index (χ0v) is 3.81. The fourth-order valence-corrected chi connectivity index (χ4v) is 0.166. The summed E-state index contributed by atoms with van der Waals surface area (Å²) in [6, 6.07) is 0. The Morgan fingerprint density at radius 3 is 2.43 bits per heavy atom. The second kappa shape index (κ2) is 10.00. The van der Waals surface area contributed by atoms with Crippen molar-refractivity contribution in [3.8, 4) is 0 Å². The van der Waals surface area contributed by atoms with Gasteiger partial charge in [0.05, 0.1) is 0 Å². The Morgan fingerprint density at radius 2 is 2.29 bits per heavy atom. The van der Waals surface area contributed by atoms with Crippen LogP contribution in [-0.4, -0.2) is 57.2 Å². The van der Waals surface area contributed by atoms with E-state index in [9.17, 15) is 4.79 Å². The molecule has 0 saturated heterocycles. The Morgan fingerprint density at radius 1 is 1.71 bits per heavy atom. The van der Waals surface area contributed by atoms with Gasteiger partial charge >= 0.3 is 37.7 Å². The summed E-state index contributed by atoms with van der Waals surface area (Å²) in [5, 5.41) is 0. The number of ether oxygens (including phenoxy) is 1. The predicted octanol–water partition coefficient (Wildman–Crippen LogP) is -0.694. The third kappa shape index (κ3) is 10.9. The molecule has 0 unspecified atom stereocenters. The molecular formula is C4H10CaO2. The van der Waals surface area contributed by atoms with Crippen molar-refractivity contribution in [3.05, 3.63) is 0 Å². The van der Waals surface area contributed by atoms with Crippen LogP contribution >= 0.6 is 0 Å². The normalized spacial score (nSPS) is 7.00. The van der Waals surface area contributed by atoms with E-state index in [1.54, 1.807) is 0 Å². The minimum atomic E-state index is 0. The molecule has 0 saturated carbocycles. The molecule has 0 amide bonds. The number of aldehydes is 1. The third-order valence-electron chi connectivity index (χ3n) is 0.390. The molecule has 0 fully saturated rings. The zero-order valence-electron chi connectivity index (χ0n) is 3.81. The molecule has 0 aromatic rings. The van der Waals surface area contributed by atoms with Crippen LogP contribution in [0.15, 0.2) is 0 Å². The summed E-state index contributed by atoms with van der Waals surface area (Å²) in [6.07, 6.45) is 0.740. The van der Waals surface area contributed by atoms with Crippen molar-refractivity contribution in [3.63, 3.8) is 0 Å². The summed E-state index contributed by atoms with van der Waals surface area (Å²) < 4.78 is 4.61. The van der Waals surface area contributed by atoms with Crippen LogP contribution in [0.5, 0.6) is 0 Å². The van der Waals surface area contributed by atoms with Crippen LogP contribution in [0.25, 0.3) is 0 Å². The van der Waals surface area contributed by atoms with Gasteiger partial charge in [0.1, 0.15) is 12.9 Å². The van der Waals surface area contributed by atoms with Crippen LogP contribution in [-0.2, 0) is 9.53 Å². The molecule has 0 atom stereocenters. The van der Waals surface area contributed by atoms with Gasteiger partial charge in [0.2, 0.25) is 0 Å². The molecule has 40 valence electrons. The van der Waals surface area contributed by atoms with Gasteiger partial charge in [-0.15, -0.1) is 0 Å². The van der Waals surface area contributed by atoms with Crippen LogP contribution in [0.4, 0.5) is 0 Å². The first-order valence-electron chi connectivity index (χ1n) is 1.93. The number of carbonyl (C=O) groups excluding carboxylic acids is 1. The fourth-order valence-electron chi connectivity index (χ4n) is 0.166. The van der Waals surface area contributed by atoms with Gasteiger partial charge in [-0.1, -0.05) is 0 Å². The zero-order chi connectivity index (χ0) is 4.83. The molecule has 0 spiro atoms. The van der Waals surface area contributed by atoms with Crippen LogP contribution in [0.3, 0.4) is 0 Å². The summed E-state index contributed by atoms with van der Waals surface area (Å²) in [6.45, 7) is 2.71. The molecule has 0 aromatic carbocycles. The van der Waals surface area contributed by atoms with Crippen molar-refractivity contribution in [1.82, 2.24) is 0 Å². The molecule has 0 bridgehead atoms. The fraction of sp³-hybridized carbons (Fsp3) is 0.750. The van der Waals surface area contributed by atoms with Gasteiger partial charge in [-0.2, -0.15) is 0 Å². The quantitative estimate of drug-likeness (QED) is 0.287. The predicted molar refractivity (Wildman–Crippen MR) is 31.1 cm³/mol. The van der Waals surface area contributed by atoms with Crippen LogP contribution < -0.4 is 0 Å². The number of hydrogen-bond donors (Lipinski definition) is 0. The molecule has 0 radical (unpaired) electrons. The van der Waals surface area contributed by atoms with Gasteiger partial charge in [-0.25, -0.2) is 0 Å². The van der Waals surface area contributed by atoms with E-state index in [0.29, 0.717) is 6.61 Å². The van der Waals surface area contributed by atoms with E-state index >= 15 is 0 Å². The number of rotatable bonds is 3. The van der Waals surface area contributed by atoms with Gasteiger partial charge in [-0.05, 0) is 6.92 Å². The van der Waals surface area contributed by atoms with Crippen molar-refractivity contribution in [2.75, 3.05) is 13.2 Å². The van der Waals surface area contributed by atoms with E-state index in [-0.39, 0.29) is 44.3 Å². The Hall–Kier alpha value is 0.890. The summed E-state index contributed by atoms with van der Waals surface area (Å²) >= 11 is 0. The van der Waals surface area contributed by atoms with E-state index in [1.165, 1.54) is 0 Å². The average molecular weight is 130 g/mol. The Kier molecular flexibility index (Phi) is 15.4. The average Bonchev–Trinajstić information content (AvgIpc) is 1.61. The van der Waals surface area contributed by atoms with E-state index in [0.717, 1.165) is 6.29 Å². The summed E-state index contributed by atoms with van der Waals surface area (Å²) in [7, 11) is 0. The van der Waals surface area contributed by atoms with Gasteiger partial charge in [0.15, 0.2) is 0 Å². The molecule has 2 nitrogen and oxygen atoms in total. The second-order valence-corrected chi connectivity index (χ2v) is 0.826. The minimum absolute atomic E-state index is 0. The summed E-state index contributed by atoms with van der Waals surface area (Å²) in [4.78, 5) is 9.44. The van der Waals surface area contributed by atoms with Crippen molar-refractivity contribution in [2.45, 2.75) is 6.92 Å². The van der Waals surface area contributed by atoms with Crippen molar-refractivity contribution in [1.29, 1.82) is 0 Å². The molecule has 0 aliphatic rings. The maximum absolute atomic E-state index is 9.44. The first-order chi connectivity index (χ1) is 2.91. The van der Waals surface area contributed by atoms with Crippen molar-refractivity contribution in [2.24, 2.45) is 0 Å². The summed E-state index contributed by atoms with van der Waals surface area (Å²) in [5.41, 5.74) is 0. The second-order valence-electron chi connectivity index (χ2n) is 0.826. The molecule has 0 heterocycles. The molecular weight excluding hydrogens is 120 g/mol. The van der Waals surface area contributed by atoms with Crippen LogP contribution in [0, 0.1) is 0 Å². The van der Waals surface area contributed by atoms with Crippen molar-refractivity contribution < 1.29 is 9.53 Å². The van der Waals surface area contributed by atoms with E-state index in [4.69, 9.17) is 0 Å². The van der Waals surface area contributed by atoms with E-state index in [2.05, 4.69) is 4.74 Å². The van der Waals surface area contributed by atoms with Crippen LogP contribution in [0.2, 0.25) is 0 Å². The van der Waals surface area contributed by atoms with Gasteiger partial charge in [0, 0.05) is 6.61 Å².